The van der Waals surface area contributed by atoms with E-state index in [9.17, 15) is 19.8 Å². The number of ether oxygens (including phenoxy) is 1. The van der Waals surface area contributed by atoms with E-state index in [1.54, 1.807) is 0 Å². The van der Waals surface area contributed by atoms with Gasteiger partial charge in [-0.15, -0.1) is 0 Å². The van der Waals surface area contributed by atoms with Gasteiger partial charge in [0.15, 0.2) is 0 Å². The number of aliphatic hydroxyl groups excluding tert-OH is 1. The van der Waals surface area contributed by atoms with Crippen molar-refractivity contribution in [2.24, 2.45) is 52.3 Å². The van der Waals surface area contributed by atoms with Gasteiger partial charge in [0.05, 0.1) is 6.10 Å². The van der Waals surface area contributed by atoms with Gasteiger partial charge in [0.2, 0.25) is 0 Å². The normalized spacial score (nSPS) is 48.9. The number of hydrogen-bond donors (Lipinski definition) is 2. The lowest BCUT2D eigenvalue weighted by molar-refractivity contribution is -0.226. The van der Waals surface area contributed by atoms with Gasteiger partial charge in [0.25, 0.3) is 0 Å². The first-order chi connectivity index (χ1) is 16.0. The number of carbonyl (C=O) groups excluding carboxylic acids is 1. The first kappa shape index (κ1) is 25.9. The molecule has 4 fully saturated rings. The van der Waals surface area contributed by atoms with Crippen LogP contribution in [0.15, 0.2) is 0 Å². The summed E-state index contributed by atoms with van der Waals surface area (Å²) in [5.74, 6) is 0.0844. The Morgan fingerprint density at radius 3 is 2.35 bits per heavy atom. The van der Waals surface area contributed by atoms with Gasteiger partial charge in [-0.05, 0) is 91.3 Å². The van der Waals surface area contributed by atoms with Gasteiger partial charge in [-0.25, -0.2) is 4.39 Å². The van der Waals surface area contributed by atoms with E-state index in [1.807, 2.05) is 0 Å². The van der Waals surface area contributed by atoms with Crippen LogP contribution in [0, 0.1) is 52.3 Å². The maximum atomic E-state index is 16.0. The van der Waals surface area contributed by atoms with Crippen LogP contribution in [-0.4, -0.2) is 40.5 Å². The monoisotopic (exact) mass is 480 g/mol. The summed E-state index contributed by atoms with van der Waals surface area (Å²) in [7, 11) is 0. The fraction of sp³-hybridized carbons (Fsp3) is 0.929. The van der Waals surface area contributed by atoms with Crippen molar-refractivity contribution in [3.05, 3.63) is 0 Å². The largest absolute Gasteiger partial charge is 0.481 e. The summed E-state index contributed by atoms with van der Waals surface area (Å²) in [4.78, 5) is 22.8. The fourth-order valence-corrected chi connectivity index (χ4v) is 9.83. The third kappa shape index (κ3) is 4.00. The number of hydrogen-bond acceptors (Lipinski definition) is 4. The molecular weight excluding hydrogens is 435 g/mol. The first-order valence-corrected chi connectivity index (χ1v) is 13.7. The maximum Gasteiger partial charge on any atom is 0.303 e. The molecule has 2 N–H and O–H groups in total. The molecule has 12 atom stereocenters. The van der Waals surface area contributed by atoms with Crippen LogP contribution in [0.4, 0.5) is 4.39 Å². The van der Waals surface area contributed by atoms with Crippen LogP contribution in [0.1, 0.15) is 92.4 Å². The van der Waals surface area contributed by atoms with Crippen LogP contribution in [0.5, 0.6) is 0 Å². The van der Waals surface area contributed by atoms with Crippen LogP contribution in [-0.2, 0) is 14.3 Å². The minimum absolute atomic E-state index is 0.103. The minimum atomic E-state index is -1.23. The van der Waals surface area contributed by atoms with Crippen LogP contribution in [0.2, 0.25) is 0 Å². The fourth-order valence-electron chi connectivity index (χ4n) is 9.83. The number of alkyl halides is 1. The van der Waals surface area contributed by atoms with Crippen molar-refractivity contribution in [3.8, 4) is 0 Å². The molecule has 34 heavy (non-hydrogen) atoms. The molecule has 0 amide bonds. The summed E-state index contributed by atoms with van der Waals surface area (Å²) in [6.45, 7) is 10.3. The van der Waals surface area contributed by atoms with E-state index in [4.69, 9.17) is 4.74 Å². The predicted octanol–water partition coefficient (Wildman–Crippen LogP) is 5.63. The lowest BCUT2D eigenvalue weighted by Gasteiger charge is -2.65. The molecule has 0 aromatic rings. The highest BCUT2D eigenvalue weighted by Gasteiger charge is 2.67. The topological polar surface area (TPSA) is 83.8 Å². The molecule has 194 valence electrons. The zero-order chi connectivity index (χ0) is 25.0. The maximum absolute atomic E-state index is 16.0. The number of carbonyl (C=O) groups is 2. The van der Waals surface area contributed by atoms with E-state index in [1.165, 1.54) is 6.92 Å². The lowest BCUT2D eigenvalue weighted by Crippen LogP contribution is -2.65. The Labute approximate surface area is 204 Å². The SMILES string of the molecule is CC[C@H]1[C@@H](O)[C@@H]2[C@H](CC[C@]3(C)[C@@H]([C@H](C)CCC(=O)O)CC[C@@H]23)[C@@]2(C)CC[C@@H](OC(C)=O)[C@H](F)[C@@H]12. The van der Waals surface area contributed by atoms with Gasteiger partial charge in [0, 0.05) is 19.3 Å². The number of carboxylic acids is 1. The highest BCUT2D eigenvalue weighted by atomic mass is 19.1. The third-order valence-corrected chi connectivity index (χ3v) is 11.3. The second-order valence-corrected chi connectivity index (χ2v) is 12.7. The highest BCUT2D eigenvalue weighted by molar-refractivity contribution is 5.66. The number of esters is 1. The summed E-state index contributed by atoms with van der Waals surface area (Å²) in [6, 6.07) is 0. The molecule has 0 aliphatic heterocycles. The molecule has 4 rings (SSSR count). The van der Waals surface area contributed by atoms with E-state index >= 15 is 4.39 Å². The molecule has 5 nitrogen and oxygen atoms in total. The molecule has 0 bridgehead atoms. The van der Waals surface area contributed by atoms with Crippen LogP contribution >= 0.6 is 0 Å². The second kappa shape index (κ2) is 9.37. The number of halogens is 1. The van der Waals surface area contributed by atoms with E-state index in [-0.39, 0.29) is 40.9 Å². The summed E-state index contributed by atoms with van der Waals surface area (Å²) in [5, 5.41) is 21.0. The Hall–Kier alpha value is -1.17. The van der Waals surface area contributed by atoms with Gasteiger partial charge in [0.1, 0.15) is 12.3 Å². The zero-order valence-electron chi connectivity index (χ0n) is 21.6. The summed E-state index contributed by atoms with van der Waals surface area (Å²) in [6.07, 6.45) is 4.78. The molecule has 4 saturated carbocycles. The van der Waals surface area contributed by atoms with Gasteiger partial charge in [-0.3, -0.25) is 9.59 Å². The van der Waals surface area contributed by atoms with E-state index in [0.29, 0.717) is 30.6 Å². The quantitative estimate of drug-likeness (QED) is 0.481. The van der Waals surface area contributed by atoms with Crippen LogP contribution < -0.4 is 0 Å². The van der Waals surface area contributed by atoms with Crippen molar-refractivity contribution >= 4 is 11.9 Å². The van der Waals surface area contributed by atoms with E-state index in [0.717, 1.165) is 38.5 Å². The smallest absolute Gasteiger partial charge is 0.303 e. The number of fused-ring (bicyclic) bond motifs is 5. The first-order valence-electron chi connectivity index (χ1n) is 13.7. The molecule has 0 spiro atoms. The Kier molecular flexibility index (Phi) is 7.14. The summed E-state index contributed by atoms with van der Waals surface area (Å²) in [5.41, 5.74) is -0.0966. The molecule has 0 aromatic carbocycles. The van der Waals surface area contributed by atoms with E-state index < -0.39 is 30.3 Å². The van der Waals surface area contributed by atoms with Crippen molar-refractivity contribution in [1.82, 2.24) is 0 Å². The molecule has 0 heterocycles. The Morgan fingerprint density at radius 2 is 1.74 bits per heavy atom. The standard InChI is InChI=1S/C28H45FO5/c1-6-17-24-25(29)21(34-16(3)30)12-14-28(24,5)20-11-13-27(4)18(15(2)7-10-22(31)32)8-9-19(27)23(20)26(17)33/h15,17-21,23-26,33H,6-14H2,1-5H3,(H,31,32)/t15-,17-,18-,19+,20+,21-,23+,24-,25+,26-,27-,28-/m1/s1. The van der Waals surface area contributed by atoms with Crippen LogP contribution in [0.25, 0.3) is 0 Å². The van der Waals surface area contributed by atoms with Crippen molar-refractivity contribution < 1.29 is 28.9 Å². The second-order valence-electron chi connectivity index (χ2n) is 12.7. The molecule has 4 aliphatic rings. The van der Waals surface area contributed by atoms with Gasteiger partial charge in [-0.2, -0.15) is 0 Å². The highest BCUT2D eigenvalue weighted by Crippen LogP contribution is 2.69. The molecule has 0 aromatic heterocycles. The van der Waals surface area contributed by atoms with Crippen LogP contribution in [0.3, 0.4) is 0 Å². The van der Waals surface area contributed by atoms with Crippen molar-refractivity contribution in [3.63, 3.8) is 0 Å². The number of aliphatic carboxylic acids is 1. The number of aliphatic hydroxyl groups is 1. The molecule has 0 saturated heterocycles. The van der Waals surface area contributed by atoms with Gasteiger partial charge in [-0.1, -0.05) is 34.1 Å². The zero-order valence-corrected chi connectivity index (χ0v) is 21.6. The average Bonchev–Trinajstić information content (AvgIpc) is 3.12. The van der Waals surface area contributed by atoms with Crippen molar-refractivity contribution in [2.75, 3.05) is 0 Å². The number of carboxylic acid groups (broad SMARTS) is 1. The minimum Gasteiger partial charge on any atom is -0.481 e. The molecule has 6 heteroatoms. The summed E-state index contributed by atoms with van der Waals surface area (Å²) >= 11 is 0. The third-order valence-electron chi connectivity index (χ3n) is 11.3. The van der Waals surface area contributed by atoms with Gasteiger partial charge < -0.3 is 14.9 Å². The Balaban J connectivity index is 1.62. The predicted molar refractivity (Wildman–Crippen MR) is 128 cm³/mol. The molecule has 0 radical (unpaired) electrons. The molecule has 0 unspecified atom stereocenters. The van der Waals surface area contributed by atoms with Gasteiger partial charge >= 0.3 is 11.9 Å². The van der Waals surface area contributed by atoms with Crippen molar-refractivity contribution in [2.45, 2.75) is 111 Å². The Morgan fingerprint density at radius 1 is 1.09 bits per heavy atom. The van der Waals surface area contributed by atoms with E-state index in [2.05, 4.69) is 27.7 Å². The Bertz CT molecular complexity index is 787. The molecule has 4 aliphatic carbocycles. The lowest BCUT2D eigenvalue weighted by atomic mass is 9.41. The molecular formula is C28H45FO5. The summed E-state index contributed by atoms with van der Waals surface area (Å²) < 4.78 is 21.4. The average molecular weight is 481 g/mol. The van der Waals surface area contributed by atoms with Crippen molar-refractivity contribution in [1.29, 1.82) is 0 Å². The number of rotatable bonds is 6.